The van der Waals surface area contributed by atoms with Crippen LogP contribution in [0.15, 0.2) is 73.1 Å². The van der Waals surface area contributed by atoms with E-state index in [-0.39, 0.29) is 11.9 Å². The molecule has 0 saturated heterocycles. The fraction of sp³-hybridized carbons (Fsp3) is 0.150. The first kappa shape index (κ1) is 17.1. The second-order valence-corrected chi connectivity index (χ2v) is 6.12. The van der Waals surface area contributed by atoms with Gasteiger partial charge in [-0.15, -0.1) is 0 Å². The van der Waals surface area contributed by atoms with Crippen molar-refractivity contribution < 1.29 is 9.53 Å². The van der Waals surface area contributed by atoms with Crippen LogP contribution in [0, 0.1) is 0 Å². The van der Waals surface area contributed by atoms with Crippen LogP contribution in [0.5, 0.6) is 5.75 Å². The lowest BCUT2D eigenvalue weighted by Gasteiger charge is -2.20. The third-order valence-electron chi connectivity index (χ3n) is 3.97. The molecule has 2 aromatic carbocycles. The summed E-state index contributed by atoms with van der Waals surface area (Å²) in [6.45, 7) is 0. The summed E-state index contributed by atoms with van der Waals surface area (Å²) < 4.78 is 7.34. The molecule has 5 heteroatoms. The number of aromatic nitrogens is 1. The van der Waals surface area contributed by atoms with E-state index < -0.39 is 0 Å². The highest BCUT2D eigenvalue weighted by molar-refractivity contribution is 6.30. The second kappa shape index (κ2) is 7.90. The molecule has 1 heterocycles. The van der Waals surface area contributed by atoms with Crippen molar-refractivity contribution >= 4 is 23.2 Å². The molecule has 25 heavy (non-hydrogen) atoms. The maximum absolute atomic E-state index is 12.5. The molecule has 4 nitrogen and oxygen atoms in total. The monoisotopic (exact) mass is 354 g/mol. The highest BCUT2D eigenvalue weighted by Crippen LogP contribution is 2.26. The number of hydrogen-bond acceptors (Lipinski definition) is 2. The third kappa shape index (κ3) is 4.43. The van der Waals surface area contributed by atoms with Crippen LogP contribution in [-0.4, -0.2) is 17.6 Å². The summed E-state index contributed by atoms with van der Waals surface area (Å²) in [5, 5.41) is 3.56. The first-order valence-electron chi connectivity index (χ1n) is 7.97. The zero-order valence-electron chi connectivity index (χ0n) is 13.9. The lowest BCUT2D eigenvalue weighted by atomic mass is 10.0. The van der Waals surface area contributed by atoms with Crippen molar-refractivity contribution in [1.29, 1.82) is 0 Å². The smallest absolute Gasteiger partial charge is 0.226 e. The highest BCUT2D eigenvalue weighted by Gasteiger charge is 2.18. The minimum absolute atomic E-state index is 0.0659. The maximum Gasteiger partial charge on any atom is 0.226 e. The van der Waals surface area contributed by atoms with Gasteiger partial charge < -0.3 is 14.6 Å². The SMILES string of the molecule is COc1cccc(C(CC(=O)Nc2ccc(Cl)cc2)n2cccc2)c1. The molecular weight excluding hydrogens is 336 g/mol. The zero-order valence-corrected chi connectivity index (χ0v) is 14.6. The molecule has 0 bridgehead atoms. The number of rotatable bonds is 6. The molecule has 0 aliphatic carbocycles. The van der Waals surface area contributed by atoms with Gasteiger partial charge in [-0.05, 0) is 54.1 Å². The van der Waals surface area contributed by atoms with Crippen molar-refractivity contribution in [3.8, 4) is 5.75 Å². The Morgan fingerprint density at radius 1 is 1.12 bits per heavy atom. The number of anilines is 1. The summed E-state index contributed by atoms with van der Waals surface area (Å²) in [7, 11) is 1.64. The number of benzene rings is 2. The van der Waals surface area contributed by atoms with Crippen LogP contribution in [-0.2, 0) is 4.79 Å². The first-order chi connectivity index (χ1) is 12.2. The first-order valence-corrected chi connectivity index (χ1v) is 8.35. The van der Waals surface area contributed by atoms with Gasteiger partial charge in [0.1, 0.15) is 5.75 Å². The Balaban J connectivity index is 1.80. The number of nitrogens with zero attached hydrogens (tertiary/aromatic N) is 1. The molecule has 0 aliphatic heterocycles. The van der Waals surface area contributed by atoms with E-state index in [0.717, 1.165) is 17.0 Å². The summed E-state index contributed by atoms with van der Waals surface area (Å²) in [5.41, 5.74) is 1.74. The molecule has 1 atom stereocenters. The van der Waals surface area contributed by atoms with Crippen LogP contribution in [0.4, 0.5) is 5.69 Å². The molecule has 0 aliphatic rings. The van der Waals surface area contributed by atoms with Crippen molar-refractivity contribution in [3.05, 3.63) is 83.6 Å². The summed E-state index contributed by atoms with van der Waals surface area (Å²) >= 11 is 5.88. The predicted molar refractivity (Wildman–Crippen MR) is 100 cm³/mol. The minimum atomic E-state index is -0.114. The van der Waals surface area contributed by atoms with Gasteiger partial charge in [-0.2, -0.15) is 0 Å². The second-order valence-electron chi connectivity index (χ2n) is 5.68. The number of ether oxygens (including phenoxy) is 1. The molecule has 0 spiro atoms. The van der Waals surface area contributed by atoms with Gasteiger partial charge in [0.25, 0.3) is 0 Å². The topological polar surface area (TPSA) is 43.3 Å². The summed E-state index contributed by atoms with van der Waals surface area (Å²) in [5.74, 6) is 0.705. The van der Waals surface area contributed by atoms with Crippen molar-refractivity contribution in [3.63, 3.8) is 0 Å². The van der Waals surface area contributed by atoms with E-state index in [4.69, 9.17) is 16.3 Å². The van der Waals surface area contributed by atoms with Gasteiger partial charge in [-0.25, -0.2) is 0 Å². The van der Waals surface area contributed by atoms with Gasteiger partial charge in [-0.3, -0.25) is 4.79 Å². The average molecular weight is 355 g/mol. The fourth-order valence-corrected chi connectivity index (χ4v) is 2.85. The van der Waals surface area contributed by atoms with Crippen LogP contribution in [0.3, 0.4) is 0 Å². The maximum atomic E-state index is 12.5. The Kier molecular flexibility index (Phi) is 5.41. The zero-order chi connectivity index (χ0) is 17.6. The number of methoxy groups -OCH3 is 1. The summed E-state index contributed by atoms with van der Waals surface area (Å²) in [4.78, 5) is 12.5. The highest BCUT2D eigenvalue weighted by atomic mass is 35.5. The van der Waals surface area contributed by atoms with Crippen molar-refractivity contribution in [2.24, 2.45) is 0 Å². The van der Waals surface area contributed by atoms with Gasteiger partial charge >= 0.3 is 0 Å². The van der Waals surface area contributed by atoms with Crippen LogP contribution in [0.2, 0.25) is 5.02 Å². The standard InChI is InChI=1S/C20H19ClN2O2/c1-25-18-6-4-5-15(13-18)19(23-11-2-3-12-23)14-20(24)22-17-9-7-16(21)8-10-17/h2-13,19H,14H2,1H3,(H,22,24). The average Bonchev–Trinajstić information content (AvgIpc) is 3.16. The molecule has 0 fully saturated rings. The van der Waals surface area contributed by atoms with Gasteiger partial charge in [0.2, 0.25) is 5.91 Å². The van der Waals surface area contributed by atoms with E-state index in [9.17, 15) is 4.79 Å². The molecule has 3 rings (SSSR count). The quantitative estimate of drug-likeness (QED) is 0.693. The van der Waals surface area contributed by atoms with Crippen molar-refractivity contribution in [2.75, 3.05) is 12.4 Å². The number of carbonyl (C=O) groups is 1. The Morgan fingerprint density at radius 2 is 1.84 bits per heavy atom. The summed E-state index contributed by atoms with van der Waals surface area (Å²) in [6, 6.07) is 18.7. The minimum Gasteiger partial charge on any atom is -0.497 e. The number of amides is 1. The Hall–Kier alpha value is -2.72. The molecule has 3 aromatic rings. The van der Waals surface area contributed by atoms with Gasteiger partial charge in [0, 0.05) is 23.1 Å². The van der Waals surface area contributed by atoms with Gasteiger partial charge in [0.15, 0.2) is 0 Å². The van der Waals surface area contributed by atoms with Crippen LogP contribution in [0.1, 0.15) is 18.0 Å². The molecule has 1 aromatic heterocycles. The number of hydrogen-bond donors (Lipinski definition) is 1. The van der Waals surface area contributed by atoms with Crippen LogP contribution >= 0.6 is 11.6 Å². The third-order valence-corrected chi connectivity index (χ3v) is 4.22. The van der Waals surface area contributed by atoms with Gasteiger partial charge in [-0.1, -0.05) is 23.7 Å². The Morgan fingerprint density at radius 3 is 2.52 bits per heavy atom. The molecule has 128 valence electrons. The molecule has 1 N–H and O–H groups in total. The van der Waals surface area contributed by atoms with E-state index in [0.29, 0.717) is 11.4 Å². The van der Waals surface area contributed by atoms with E-state index in [1.165, 1.54) is 0 Å². The van der Waals surface area contributed by atoms with Crippen molar-refractivity contribution in [1.82, 2.24) is 4.57 Å². The van der Waals surface area contributed by atoms with Gasteiger partial charge in [0.05, 0.1) is 19.6 Å². The molecule has 1 unspecified atom stereocenters. The number of carbonyl (C=O) groups excluding carboxylic acids is 1. The molecule has 0 radical (unpaired) electrons. The van der Waals surface area contributed by atoms with Crippen LogP contribution in [0.25, 0.3) is 0 Å². The normalized spacial score (nSPS) is 11.8. The van der Waals surface area contributed by atoms with E-state index >= 15 is 0 Å². The molecular formula is C20H19ClN2O2. The Bertz CT molecular complexity index is 829. The molecule has 1 amide bonds. The molecule has 0 saturated carbocycles. The van der Waals surface area contributed by atoms with Crippen molar-refractivity contribution in [2.45, 2.75) is 12.5 Å². The van der Waals surface area contributed by atoms with Crippen LogP contribution < -0.4 is 10.1 Å². The van der Waals surface area contributed by atoms with E-state index in [1.54, 1.807) is 31.4 Å². The lowest BCUT2D eigenvalue weighted by Crippen LogP contribution is -2.19. The Labute approximate surface area is 152 Å². The van der Waals surface area contributed by atoms with E-state index in [1.807, 2.05) is 53.4 Å². The fourth-order valence-electron chi connectivity index (χ4n) is 2.72. The predicted octanol–water partition coefficient (Wildman–Crippen LogP) is 4.77. The largest absolute Gasteiger partial charge is 0.497 e. The number of halogens is 1. The lowest BCUT2D eigenvalue weighted by molar-refractivity contribution is -0.116. The summed E-state index contributed by atoms with van der Waals surface area (Å²) in [6.07, 6.45) is 4.23. The van der Waals surface area contributed by atoms with E-state index in [2.05, 4.69) is 5.32 Å². The number of nitrogens with one attached hydrogen (secondary N) is 1.